The highest BCUT2D eigenvalue weighted by Gasteiger charge is 2.24. The van der Waals surface area contributed by atoms with E-state index in [0.717, 1.165) is 70.2 Å². The summed E-state index contributed by atoms with van der Waals surface area (Å²) in [6, 6.07) is 8.63. The van der Waals surface area contributed by atoms with Crippen LogP contribution in [0.15, 0.2) is 29.3 Å². The van der Waals surface area contributed by atoms with Gasteiger partial charge in [-0.05, 0) is 50.3 Å². The van der Waals surface area contributed by atoms with Crippen LogP contribution in [0.4, 0.5) is 0 Å². The van der Waals surface area contributed by atoms with Crippen LogP contribution in [0.1, 0.15) is 52.5 Å². The van der Waals surface area contributed by atoms with Crippen molar-refractivity contribution in [2.75, 3.05) is 32.8 Å². The van der Waals surface area contributed by atoms with Gasteiger partial charge < -0.3 is 20.3 Å². The number of carbonyl (C=O) groups is 1. The Balaban J connectivity index is 0.00000450. The van der Waals surface area contributed by atoms with Crippen LogP contribution in [-0.2, 0) is 11.2 Å². The summed E-state index contributed by atoms with van der Waals surface area (Å²) in [6.07, 6.45) is 3.80. The number of likely N-dealkylation sites (tertiary alicyclic amines) is 1. The molecule has 1 aromatic carbocycles. The van der Waals surface area contributed by atoms with Crippen molar-refractivity contribution in [3.8, 4) is 5.75 Å². The summed E-state index contributed by atoms with van der Waals surface area (Å²) in [5.41, 5.74) is 1.23. The van der Waals surface area contributed by atoms with Crippen molar-refractivity contribution < 1.29 is 9.53 Å². The summed E-state index contributed by atoms with van der Waals surface area (Å²) in [5, 5.41) is 6.89. The molecule has 0 radical (unpaired) electrons. The van der Waals surface area contributed by atoms with Gasteiger partial charge in [0.1, 0.15) is 5.75 Å². The lowest BCUT2D eigenvalue weighted by molar-refractivity contribution is -0.135. The van der Waals surface area contributed by atoms with Crippen molar-refractivity contribution in [1.82, 2.24) is 15.5 Å². The van der Waals surface area contributed by atoms with Gasteiger partial charge in [0.05, 0.1) is 6.61 Å². The molecule has 2 rings (SSSR count). The van der Waals surface area contributed by atoms with Crippen molar-refractivity contribution in [1.29, 1.82) is 0 Å². The van der Waals surface area contributed by atoms with E-state index in [-0.39, 0.29) is 35.8 Å². The van der Waals surface area contributed by atoms with E-state index in [9.17, 15) is 4.79 Å². The highest BCUT2D eigenvalue weighted by molar-refractivity contribution is 14.0. The zero-order chi connectivity index (χ0) is 21.1. The Labute approximate surface area is 199 Å². The lowest BCUT2D eigenvalue weighted by atomic mass is 10.0. The third kappa shape index (κ3) is 9.10. The van der Waals surface area contributed by atoms with E-state index in [1.54, 1.807) is 0 Å². The number of hydrogen-bond acceptors (Lipinski definition) is 3. The molecule has 170 valence electrons. The zero-order valence-corrected chi connectivity index (χ0v) is 21.3. The molecule has 0 spiro atoms. The molecule has 2 N–H and O–H groups in total. The normalized spacial score (nSPS) is 15.0. The smallest absolute Gasteiger partial charge is 0.225 e. The van der Waals surface area contributed by atoms with Crippen LogP contribution in [0.25, 0.3) is 0 Å². The van der Waals surface area contributed by atoms with E-state index < -0.39 is 0 Å². The second kappa shape index (κ2) is 14.5. The van der Waals surface area contributed by atoms with Gasteiger partial charge in [0.25, 0.3) is 0 Å². The Bertz CT molecular complexity index is 658. The number of aliphatic imine (C=N–C) groups is 1. The minimum Gasteiger partial charge on any atom is -0.494 e. The van der Waals surface area contributed by atoms with Gasteiger partial charge >= 0.3 is 0 Å². The van der Waals surface area contributed by atoms with Gasteiger partial charge in [0.15, 0.2) is 5.96 Å². The molecule has 0 aliphatic carbocycles. The quantitative estimate of drug-likeness (QED) is 0.289. The average molecular weight is 530 g/mol. The summed E-state index contributed by atoms with van der Waals surface area (Å²) >= 11 is 0. The topological polar surface area (TPSA) is 66.0 Å². The maximum Gasteiger partial charge on any atom is 0.225 e. The van der Waals surface area contributed by atoms with Crippen LogP contribution in [0.2, 0.25) is 0 Å². The third-order valence-corrected chi connectivity index (χ3v) is 5.03. The Morgan fingerprint density at radius 2 is 2.00 bits per heavy atom. The lowest BCUT2D eigenvalue weighted by Crippen LogP contribution is -2.50. The molecule has 6 nitrogen and oxygen atoms in total. The molecule has 0 atom stereocenters. The Kier molecular flexibility index (Phi) is 12.8. The third-order valence-electron chi connectivity index (χ3n) is 5.03. The number of rotatable bonds is 9. The number of benzene rings is 1. The highest BCUT2D eigenvalue weighted by atomic mass is 127. The number of guanidine groups is 1. The molecule has 0 unspecified atom stereocenters. The number of hydrogen-bond donors (Lipinski definition) is 2. The van der Waals surface area contributed by atoms with E-state index in [0.29, 0.717) is 6.04 Å². The maximum atomic E-state index is 12.1. The van der Waals surface area contributed by atoms with Crippen molar-refractivity contribution in [2.24, 2.45) is 10.9 Å². The summed E-state index contributed by atoms with van der Waals surface area (Å²) < 4.78 is 5.71. The molecule has 1 aliphatic rings. The molecule has 0 aromatic heterocycles. The molecular weight excluding hydrogens is 491 g/mol. The summed E-state index contributed by atoms with van der Waals surface area (Å²) in [5.74, 6) is 2.12. The number of nitrogens with one attached hydrogen (secondary N) is 2. The number of piperidine rings is 1. The van der Waals surface area contributed by atoms with Gasteiger partial charge in [-0.25, -0.2) is 0 Å². The largest absolute Gasteiger partial charge is 0.494 e. The second-order valence-corrected chi connectivity index (χ2v) is 7.91. The monoisotopic (exact) mass is 530 g/mol. The molecule has 0 bridgehead atoms. The molecule has 30 heavy (non-hydrogen) atoms. The standard InChI is InChI=1S/C23H38N4O2.HI/c1-5-16-29-21-9-7-8-19(17-21)10-13-25-23(24-6-2)26-20-11-14-27(15-12-20)22(28)18(3)4;/h7-9,17-18,20H,5-6,10-16H2,1-4H3,(H2,24,25,26);1H. The van der Waals surface area contributed by atoms with E-state index in [4.69, 9.17) is 9.73 Å². The van der Waals surface area contributed by atoms with E-state index in [1.807, 2.05) is 30.9 Å². The van der Waals surface area contributed by atoms with E-state index in [2.05, 4.69) is 36.6 Å². The van der Waals surface area contributed by atoms with Crippen LogP contribution in [0.5, 0.6) is 5.75 Å². The molecule has 7 heteroatoms. The molecule has 0 saturated carbocycles. The predicted octanol–water partition coefficient (Wildman–Crippen LogP) is 3.84. The first-order valence-electron chi connectivity index (χ1n) is 11.1. The average Bonchev–Trinajstić information content (AvgIpc) is 2.72. The number of halogens is 1. The van der Waals surface area contributed by atoms with Crippen LogP contribution >= 0.6 is 24.0 Å². The van der Waals surface area contributed by atoms with Crippen LogP contribution in [0.3, 0.4) is 0 Å². The fourth-order valence-electron chi connectivity index (χ4n) is 3.43. The van der Waals surface area contributed by atoms with Crippen molar-refractivity contribution in [3.05, 3.63) is 29.8 Å². The Morgan fingerprint density at radius 1 is 1.27 bits per heavy atom. The number of carbonyl (C=O) groups excluding carboxylic acids is 1. The number of ether oxygens (including phenoxy) is 1. The molecule has 1 aromatic rings. The fraction of sp³-hybridized carbons (Fsp3) is 0.652. The van der Waals surface area contributed by atoms with Gasteiger partial charge in [0, 0.05) is 38.1 Å². The summed E-state index contributed by atoms with van der Waals surface area (Å²) in [7, 11) is 0. The van der Waals surface area contributed by atoms with Crippen molar-refractivity contribution in [2.45, 2.75) is 59.4 Å². The van der Waals surface area contributed by atoms with Gasteiger partial charge in [-0.2, -0.15) is 0 Å². The molecular formula is C23H39IN4O2. The molecule has 1 aliphatic heterocycles. The van der Waals surface area contributed by atoms with Crippen molar-refractivity contribution in [3.63, 3.8) is 0 Å². The first-order valence-corrected chi connectivity index (χ1v) is 11.1. The fourth-order valence-corrected chi connectivity index (χ4v) is 3.43. The van der Waals surface area contributed by atoms with E-state index in [1.165, 1.54) is 5.56 Å². The summed E-state index contributed by atoms with van der Waals surface area (Å²) in [4.78, 5) is 18.9. The summed E-state index contributed by atoms with van der Waals surface area (Å²) in [6.45, 7) is 12.1. The number of nitrogens with zero attached hydrogens (tertiary/aromatic N) is 2. The minimum atomic E-state index is 0. The maximum absolute atomic E-state index is 12.1. The highest BCUT2D eigenvalue weighted by Crippen LogP contribution is 2.15. The van der Waals surface area contributed by atoms with Crippen LogP contribution in [-0.4, -0.2) is 55.6 Å². The van der Waals surface area contributed by atoms with E-state index >= 15 is 0 Å². The zero-order valence-electron chi connectivity index (χ0n) is 18.9. The van der Waals surface area contributed by atoms with Crippen molar-refractivity contribution >= 4 is 35.8 Å². The molecule has 1 amide bonds. The van der Waals surface area contributed by atoms with Crippen LogP contribution < -0.4 is 15.4 Å². The first-order chi connectivity index (χ1) is 14.0. The van der Waals surface area contributed by atoms with Gasteiger partial charge in [-0.15, -0.1) is 24.0 Å². The second-order valence-electron chi connectivity index (χ2n) is 7.91. The van der Waals surface area contributed by atoms with Gasteiger partial charge in [-0.3, -0.25) is 9.79 Å². The minimum absolute atomic E-state index is 0. The molecule has 1 heterocycles. The number of amides is 1. The first kappa shape index (κ1) is 26.5. The van der Waals surface area contributed by atoms with Gasteiger partial charge in [-0.1, -0.05) is 32.9 Å². The predicted molar refractivity (Wildman–Crippen MR) is 135 cm³/mol. The molecule has 1 saturated heterocycles. The Morgan fingerprint density at radius 3 is 2.63 bits per heavy atom. The lowest BCUT2D eigenvalue weighted by Gasteiger charge is -2.34. The SMILES string of the molecule is CCCOc1cccc(CCN=C(NCC)NC2CCN(C(=O)C(C)C)CC2)c1.I. The van der Waals surface area contributed by atoms with Gasteiger partial charge in [0.2, 0.25) is 5.91 Å². The van der Waals surface area contributed by atoms with Crippen LogP contribution in [0, 0.1) is 5.92 Å². The molecule has 1 fully saturated rings. The Hall–Kier alpha value is -1.51.